The van der Waals surface area contributed by atoms with Gasteiger partial charge in [0, 0.05) is 11.4 Å². The summed E-state index contributed by atoms with van der Waals surface area (Å²) < 4.78 is 0. The SMILES string of the molecule is CC(C)C(=N)C(C)C.CC(C)C(=N)C(C)C.O=CC=O. The number of hydrogen-bond donors (Lipinski definition) is 2. The fourth-order valence-corrected chi connectivity index (χ4v) is 1.33. The fourth-order valence-electron chi connectivity index (χ4n) is 1.33. The number of hydrogen-bond acceptors (Lipinski definition) is 4. The zero-order valence-electron chi connectivity index (χ0n) is 14.3. The Bertz CT molecular complexity index is 243. The highest BCUT2D eigenvalue weighted by atomic mass is 16.2. The molecule has 0 atom stereocenters. The summed E-state index contributed by atoms with van der Waals surface area (Å²) in [6.45, 7) is 16.5. The predicted molar refractivity (Wildman–Crippen MR) is 86.9 cm³/mol. The Morgan fingerprint density at radius 3 is 0.750 bits per heavy atom. The van der Waals surface area contributed by atoms with E-state index in [9.17, 15) is 0 Å². The van der Waals surface area contributed by atoms with Crippen LogP contribution in [0.1, 0.15) is 55.4 Å². The van der Waals surface area contributed by atoms with E-state index < -0.39 is 0 Å². The maximum atomic E-state index is 8.81. The van der Waals surface area contributed by atoms with E-state index in [0.717, 1.165) is 11.4 Å². The Balaban J connectivity index is -0.000000230. The Labute approximate surface area is 124 Å². The van der Waals surface area contributed by atoms with Gasteiger partial charge in [-0.3, -0.25) is 9.59 Å². The van der Waals surface area contributed by atoms with Crippen LogP contribution in [0.5, 0.6) is 0 Å². The highest BCUT2D eigenvalue weighted by molar-refractivity contribution is 6.09. The molecule has 0 aliphatic rings. The largest absolute Gasteiger partial charge is 0.309 e. The van der Waals surface area contributed by atoms with Crippen LogP contribution >= 0.6 is 0 Å². The van der Waals surface area contributed by atoms with E-state index in [-0.39, 0.29) is 12.6 Å². The molecule has 0 unspecified atom stereocenters. The zero-order valence-corrected chi connectivity index (χ0v) is 14.3. The molecule has 20 heavy (non-hydrogen) atoms. The van der Waals surface area contributed by atoms with E-state index in [2.05, 4.69) is 55.4 Å². The monoisotopic (exact) mass is 284 g/mol. The molecule has 0 radical (unpaired) electrons. The first-order valence-corrected chi connectivity index (χ1v) is 7.08. The molecule has 0 aromatic heterocycles. The molecule has 2 N–H and O–H groups in total. The van der Waals surface area contributed by atoms with E-state index in [0.29, 0.717) is 23.7 Å². The molecule has 0 fully saturated rings. The molecule has 0 aliphatic heterocycles. The number of nitrogens with one attached hydrogen (secondary N) is 2. The molecule has 0 aromatic carbocycles. The lowest BCUT2D eigenvalue weighted by atomic mass is 9.98. The number of rotatable bonds is 5. The minimum Gasteiger partial charge on any atom is -0.309 e. The van der Waals surface area contributed by atoms with Gasteiger partial charge in [0.1, 0.15) is 0 Å². The molecule has 0 saturated heterocycles. The van der Waals surface area contributed by atoms with Crippen LogP contribution in [-0.4, -0.2) is 24.0 Å². The second kappa shape index (κ2) is 14.1. The van der Waals surface area contributed by atoms with Crippen molar-refractivity contribution in [2.45, 2.75) is 55.4 Å². The van der Waals surface area contributed by atoms with Crippen LogP contribution in [0, 0.1) is 34.5 Å². The Hall–Kier alpha value is -1.32. The highest BCUT2D eigenvalue weighted by Crippen LogP contribution is 2.04. The summed E-state index contributed by atoms with van der Waals surface area (Å²) >= 11 is 0. The van der Waals surface area contributed by atoms with Crippen molar-refractivity contribution in [1.29, 1.82) is 10.8 Å². The van der Waals surface area contributed by atoms with Crippen LogP contribution in [0.25, 0.3) is 0 Å². The van der Waals surface area contributed by atoms with Crippen molar-refractivity contribution in [1.82, 2.24) is 0 Å². The molecule has 118 valence electrons. The molecule has 0 rings (SSSR count). The summed E-state index contributed by atoms with van der Waals surface area (Å²) in [7, 11) is 0. The van der Waals surface area contributed by atoms with Gasteiger partial charge in [-0.25, -0.2) is 0 Å². The van der Waals surface area contributed by atoms with Crippen molar-refractivity contribution in [2.24, 2.45) is 23.7 Å². The number of carbonyl (C=O) groups excluding carboxylic acids is 2. The lowest BCUT2D eigenvalue weighted by molar-refractivity contribution is -0.122. The van der Waals surface area contributed by atoms with Crippen molar-refractivity contribution in [3.05, 3.63) is 0 Å². The molecular weight excluding hydrogens is 252 g/mol. The molecule has 0 aromatic rings. The molecule has 0 aliphatic carbocycles. The average Bonchev–Trinajstić information content (AvgIpc) is 2.37. The van der Waals surface area contributed by atoms with Gasteiger partial charge in [-0.2, -0.15) is 0 Å². The van der Waals surface area contributed by atoms with E-state index in [1.807, 2.05) is 0 Å². The lowest BCUT2D eigenvalue weighted by Gasteiger charge is -2.09. The summed E-state index contributed by atoms with van der Waals surface area (Å²) in [4.78, 5) is 17.6. The van der Waals surface area contributed by atoms with Gasteiger partial charge in [-0.15, -0.1) is 0 Å². The molecule has 0 spiro atoms. The van der Waals surface area contributed by atoms with Gasteiger partial charge in [0.25, 0.3) is 0 Å². The first kappa shape index (κ1) is 23.7. The van der Waals surface area contributed by atoms with Gasteiger partial charge in [0.05, 0.1) is 0 Å². The van der Waals surface area contributed by atoms with Gasteiger partial charge in [0.15, 0.2) is 12.6 Å². The van der Waals surface area contributed by atoms with Gasteiger partial charge in [-0.1, -0.05) is 55.4 Å². The van der Waals surface area contributed by atoms with Crippen LogP contribution < -0.4 is 0 Å². The van der Waals surface area contributed by atoms with Crippen LogP contribution in [0.3, 0.4) is 0 Å². The summed E-state index contributed by atoms with van der Waals surface area (Å²) in [5, 5.41) is 14.8. The summed E-state index contributed by atoms with van der Waals surface area (Å²) in [5.74, 6) is 1.70. The second-order valence-electron chi connectivity index (χ2n) is 5.80. The zero-order chi connectivity index (χ0) is 16.9. The standard InChI is InChI=1S/2C7H15N.C2H2O2/c2*1-5(2)7(8)6(3)4;3-1-2-4/h2*5-6,8H,1-4H3;1-2H. The average molecular weight is 284 g/mol. The van der Waals surface area contributed by atoms with Crippen molar-refractivity contribution >= 4 is 24.0 Å². The molecule has 4 heteroatoms. The molecule has 0 saturated carbocycles. The van der Waals surface area contributed by atoms with E-state index in [4.69, 9.17) is 20.4 Å². The van der Waals surface area contributed by atoms with Gasteiger partial charge < -0.3 is 10.8 Å². The minimum atomic E-state index is 0.194. The summed E-state index contributed by atoms with van der Waals surface area (Å²) in [6.07, 6.45) is 0.389. The quantitative estimate of drug-likeness (QED) is 0.454. The maximum Gasteiger partial charge on any atom is 0.182 e. The smallest absolute Gasteiger partial charge is 0.182 e. The molecule has 0 heterocycles. The molecule has 0 bridgehead atoms. The van der Waals surface area contributed by atoms with Crippen molar-refractivity contribution in [3.8, 4) is 0 Å². The minimum absolute atomic E-state index is 0.194. The predicted octanol–water partition coefficient (Wildman–Crippen LogP) is 4.02. The molecular formula is C16H32N2O2. The van der Waals surface area contributed by atoms with Crippen LogP contribution in [0.15, 0.2) is 0 Å². The summed E-state index contributed by atoms with van der Waals surface area (Å²) in [5.41, 5.74) is 1.70. The van der Waals surface area contributed by atoms with Gasteiger partial charge >= 0.3 is 0 Å². The van der Waals surface area contributed by atoms with Crippen LogP contribution in [-0.2, 0) is 9.59 Å². The first-order chi connectivity index (χ1) is 9.02. The van der Waals surface area contributed by atoms with Crippen molar-refractivity contribution < 1.29 is 9.59 Å². The number of aldehydes is 2. The highest BCUT2D eigenvalue weighted by Gasteiger charge is 2.05. The van der Waals surface area contributed by atoms with Crippen LogP contribution in [0.4, 0.5) is 0 Å². The van der Waals surface area contributed by atoms with E-state index >= 15 is 0 Å². The lowest BCUT2D eigenvalue weighted by Crippen LogP contribution is -2.12. The van der Waals surface area contributed by atoms with Gasteiger partial charge in [-0.05, 0) is 23.7 Å². The van der Waals surface area contributed by atoms with Crippen LogP contribution in [0.2, 0.25) is 0 Å². The molecule has 4 nitrogen and oxygen atoms in total. The van der Waals surface area contributed by atoms with Crippen molar-refractivity contribution in [2.75, 3.05) is 0 Å². The second-order valence-corrected chi connectivity index (χ2v) is 5.80. The summed E-state index contributed by atoms with van der Waals surface area (Å²) in [6, 6.07) is 0. The van der Waals surface area contributed by atoms with Crippen molar-refractivity contribution in [3.63, 3.8) is 0 Å². The third kappa shape index (κ3) is 16.7. The first-order valence-electron chi connectivity index (χ1n) is 7.08. The Kier molecular flexibility index (Phi) is 16.7. The Morgan fingerprint density at radius 1 is 0.600 bits per heavy atom. The third-order valence-electron chi connectivity index (χ3n) is 2.54. The maximum absolute atomic E-state index is 8.81. The van der Waals surface area contributed by atoms with Gasteiger partial charge in [0.2, 0.25) is 0 Å². The third-order valence-corrected chi connectivity index (χ3v) is 2.54. The van der Waals surface area contributed by atoms with E-state index in [1.54, 1.807) is 0 Å². The van der Waals surface area contributed by atoms with E-state index in [1.165, 1.54) is 0 Å². The molecule has 0 amide bonds. The number of carbonyl (C=O) groups is 2. The topological polar surface area (TPSA) is 81.8 Å². The normalized spacial score (nSPS) is 9.60. The Morgan fingerprint density at radius 2 is 0.750 bits per heavy atom. The fraction of sp³-hybridized carbons (Fsp3) is 0.750.